The van der Waals surface area contributed by atoms with Gasteiger partial charge in [-0.1, -0.05) is 78.9 Å². The number of carbonyl (C=O) groups is 3. The number of rotatable bonds is 8. The van der Waals surface area contributed by atoms with Crippen LogP contribution in [0.5, 0.6) is 5.75 Å². The second kappa shape index (κ2) is 10.9. The molecule has 2 atom stereocenters. The molecule has 37 heavy (non-hydrogen) atoms. The second-order valence-corrected chi connectivity index (χ2v) is 9.90. The fourth-order valence-electron chi connectivity index (χ4n) is 4.39. The van der Waals surface area contributed by atoms with Crippen molar-refractivity contribution in [2.24, 2.45) is 0 Å². The minimum atomic E-state index is -0.730. The number of hydrogen-bond acceptors (Lipinski definition) is 6. The Morgan fingerprint density at radius 3 is 2.11 bits per heavy atom. The monoisotopic (exact) mass is 514 g/mol. The predicted octanol–water partition coefficient (Wildman–Crippen LogP) is 4.07. The van der Waals surface area contributed by atoms with Gasteiger partial charge in [0.2, 0.25) is 0 Å². The van der Waals surface area contributed by atoms with Gasteiger partial charge in [0.15, 0.2) is 12.7 Å². The maximum absolute atomic E-state index is 13.5. The van der Waals surface area contributed by atoms with Crippen LogP contribution in [-0.4, -0.2) is 46.5 Å². The van der Waals surface area contributed by atoms with Crippen molar-refractivity contribution < 1.29 is 23.9 Å². The summed E-state index contributed by atoms with van der Waals surface area (Å²) in [6, 6.07) is 27.3. The predicted molar refractivity (Wildman–Crippen MR) is 140 cm³/mol. The maximum atomic E-state index is 13.5. The van der Waals surface area contributed by atoms with E-state index >= 15 is 0 Å². The van der Waals surface area contributed by atoms with E-state index in [-0.39, 0.29) is 23.6 Å². The third kappa shape index (κ3) is 5.24. The molecule has 0 aromatic heterocycles. The Bertz CT molecular complexity index is 1270. The van der Waals surface area contributed by atoms with Crippen LogP contribution in [0, 0.1) is 0 Å². The molecule has 1 fully saturated rings. The highest BCUT2D eigenvalue weighted by atomic mass is 32.2. The Hall–Kier alpha value is -4.04. The number of carbonyl (C=O) groups excluding carboxylic acids is 3. The van der Waals surface area contributed by atoms with E-state index in [1.165, 1.54) is 16.7 Å². The van der Waals surface area contributed by atoms with Crippen molar-refractivity contribution in [3.8, 4) is 5.75 Å². The summed E-state index contributed by atoms with van der Waals surface area (Å²) in [6.45, 7) is 1.62. The molecule has 3 aromatic rings. The van der Waals surface area contributed by atoms with E-state index in [2.05, 4.69) is 5.32 Å². The van der Waals surface area contributed by atoms with Crippen LogP contribution in [0.1, 0.15) is 24.2 Å². The zero-order valence-corrected chi connectivity index (χ0v) is 21.0. The lowest BCUT2D eigenvalue weighted by Crippen LogP contribution is -2.70. The van der Waals surface area contributed by atoms with Crippen LogP contribution in [0.15, 0.2) is 102 Å². The molecule has 1 saturated heterocycles. The number of nitrogens with zero attached hydrogens (tertiary/aromatic N) is 1. The minimum absolute atomic E-state index is 0.204. The van der Waals surface area contributed by atoms with E-state index < -0.39 is 24.0 Å². The third-order valence-electron chi connectivity index (χ3n) is 6.21. The van der Waals surface area contributed by atoms with E-state index in [4.69, 9.17) is 9.47 Å². The van der Waals surface area contributed by atoms with E-state index in [0.717, 1.165) is 16.7 Å². The minimum Gasteiger partial charge on any atom is -0.484 e. The molecule has 2 aliphatic rings. The SMILES string of the molecule is CC1=C(C(=O)OC(c2ccccc2)c2ccccc2)N2C(=O)C(NC(=O)COc3ccccc3)[C@H]2SC1. The normalized spacial score (nSPS) is 18.6. The van der Waals surface area contributed by atoms with E-state index in [1.54, 1.807) is 12.1 Å². The van der Waals surface area contributed by atoms with Crippen molar-refractivity contribution in [2.45, 2.75) is 24.4 Å². The summed E-state index contributed by atoms with van der Waals surface area (Å²) in [7, 11) is 0. The molecule has 0 saturated carbocycles. The van der Waals surface area contributed by atoms with Crippen molar-refractivity contribution in [3.05, 3.63) is 113 Å². The molecule has 2 aliphatic heterocycles. The van der Waals surface area contributed by atoms with Gasteiger partial charge in [-0.05, 0) is 35.8 Å². The standard InChI is InChI=1S/C29H26N2O5S/c1-19-18-37-28-24(30-23(32)17-35-22-15-9-4-10-16-22)27(33)31(28)25(19)29(34)36-26(20-11-5-2-6-12-20)21-13-7-3-8-14-21/h2-16,24,26,28H,17-18H2,1H3,(H,30,32)/t24?,28-/m1/s1. The van der Waals surface area contributed by atoms with Crippen LogP contribution in [0.25, 0.3) is 0 Å². The lowest BCUT2D eigenvalue weighted by molar-refractivity contribution is -0.154. The van der Waals surface area contributed by atoms with Crippen molar-refractivity contribution in [3.63, 3.8) is 0 Å². The Labute approximate surface area is 219 Å². The molecule has 0 bridgehead atoms. The highest BCUT2D eigenvalue weighted by molar-refractivity contribution is 8.00. The third-order valence-corrected chi connectivity index (χ3v) is 7.64. The molecule has 8 heteroatoms. The summed E-state index contributed by atoms with van der Waals surface area (Å²) in [4.78, 5) is 40.5. The first-order valence-corrected chi connectivity index (χ1v) is 13.0. The van der Waals surface area contributed by atoms with Gasteiger partial charge in [0.1, 0.15) is 22.9 Å². The summed E-state index contributed by atoms with van der Waals surface area (Å²) < 4.78 is 11.5. The molecule has 188 valence electrons. The molecular weight excluding hydrogens is 488 g/mol. The number of hydrogen-bond donors (Lipinski definition) is 1. The van der Waals surface area contributed by atoms with Crippen LogP contribution in [-0.2, 0) is 19.1 Å². The number of ether oxygens (including phenoxy) is 2. The summed E-state index contributed by atoms with van der Waals surface area (Å²) in [5.41, 5.74) is 2.68. The molecule has 0 radical (unpaired) electrons. The zero-order valence-electron chi connectivity index (χ0n) is 20.2. The van der Waals surface area contributed by atoms with Gasteiger partial charge in [0.05, 0.1) is 0 Å². The van der Waals surface area contributed by atoms with Gasteiger partial charge in [0.25, 0.3) is 11.8 Å². The number of para-hydroxylation sites is 1. The molecule has 2 heterocycles. The highest BCUT2D eigenvalue weighted by Gasteiger charge is 2.54. The maximum Gasteiger partial charge on any atom is 0.356 e. The average Bonchev–Trinajstić information content (AvgIpc) is 2.94. The number of thioether (sulfide) groups is 1. The zero-order chi connectivity index (χ0) is 25.8. The Morgan fingerprint density at radius 2 is 1.51 bits per heavy atom. The van der Waals surface area contributed by atoms with Gasteiger partial charge in [-0.15, -0.1) is 11.8 Å². The molecular formula is C29H26N2O5S. The first-order chi connectivity index (χ1) is 18.0. The number of benzene rings is 3. The molecule has 1 N–H and O–H groups in total. The number of amides is 2. The summed E-state index contributed by atoms with van der Waals surface area (Å²) in [6.07, 6.45) is -0.620. The highest BCUT2D eigenvalue weighted by Crippen LogP contribution is 2.41. The summed E-state index contributed by atoms with van der Waals surface area (Å²) in [5.74, 6) is -0.182. The topological polar surface area (TPSA) is 84.9 Å². The first-order valence-electron chi connectivity index (χ1n) is 12.0. The van der Waals surface area contributed by atoms with Crippen molar-refractivity contribution >= 4 is 29.5 Å². The molecule has 0 spiro atoms. The lowest BCUT2D eigenvalue weighted by atomic mass is 10.0. The average molecular weight is 515 g/mol. The van der Waals surface area contributed by atoms with Crippen molar-refractivity contribution in [2.75, 3.05) is 12.4 Å². The smallest absolute Gasteiger partial charge is 0.356 e. The van der Waals surface area contributed by atoms with Crippen molar-refractivity contribution in [1.29, 1.82) is 0 Å². The number of β-lactam (4-membered cyclic amide) rings is 1. The van der Waals surface area contributed by atoms with E-state index in [9.17, 15) is 14.4 Å². The molecule has 7 nitrogen and oxygen atoms in total. The fourth-order valence-corrected chi connectivity index (χ4v) is 5.68. The lowest BCUT2D eigenvalue weighted by Gasteiger charge is -2.49. The number of esters is 1. The summed E-state index contributed by atoms with van der Waals surface area (Å²) >= 11 is 1.51. The largest absolute Gasteiger partial charge is 0.484 e. The van der Waals surface area contributed by atoms with E-state index in [1.807, 2.05) is 85.8 Å². The van der Waals surface area contributed by atoms with Gasteiger partial charge in [0, 0.05) is 5.75 Å². The van der Waals surface area contributed by atoms with Crippen molar-refractivity contribution in [1.82, 2.24) is 10.2 Å². The van der Waals surface area contributed by atoms with Gasteiger partial charge < -0.3 is 14.8 Å². The van der Waals surface area contributed by atoms with Gasteiger partial charge in [-0.25, -0.2) is 4.79 Å². The van der Waals surface area contributed by atoms with Gasteiger partial charge in [-0.2, -0.15) is 0 Å². The number of nitrogens with one attached hydrogen (secondary N) is 1. The second-order valence-electron chi connectivity index (χ2n) is 8.79. The van der Waals surface area contributed by atoms with Crippen LogP contribution in [0.3, 0.4) is 0 Å². The fraction of sp³-hybridized carbons (Fsp3) is 0.207. The molecule has 1 unspecified atom stereocenters. The summed E-state index contributed by atoms with van der Waals surface area (Å²) in [5, 5.41) is 2.37. The van der Waals surface area contributed by atoms with Gasteiger partial charge in [-0.3, -0.25) is 14.5 Å². The number of fused-ring (bicyclic) bond motifs is 1. The Balaban J connectivity index is 1.28. The van der Waals surface area contributed by atoms with Gasteiger partial charge >= 0.3 is 5.97 Å². The molecule has 2 amide bonds. The van der Waals surface area contributed by atoms with Crippen LogP contribution in [0.2, 0.25) is 0 Å². The first kappa shape index (κ1) is 24.6. The Kier molecular flexibility index (Phi) is 7.28. The van der Waals surface area contributed by atoms with Crippen LogP contribution in [0.4, 0.5) is 0 Å². The van der Waals surface area contributed by atoms with Crippen LogP contribution >= 0.6 is 11.8 Å². The molecule has 0 aliphatic carbocycles. The van der Waals surface area contributed by atoms with E-state index in [0.29, 0.717) is 11.5 Å². The molecule has 3 aromatic carbocycles. The molecule has 5 rings (SSSR count). The Morgan fingerprint density at radius 1 is 0.946 bits per heavy atom. The quantitative estimate of drug-likeness (QED) is 0.360. The van der Waals surface area contributed by atoms with Crippen LogP contribution < -0.4 is 10.1 Å².